The Morgan fingerprint density at radius 3 is 2.76 bits per heavy atom. The Labute approximate surface area is 149 Å². The predicted molar refractivity (Wildman–Crippen MR) is 99.4 cm³/mol. The highest BCUT2D eigenvalue weighted by atomic mass is 32.1. The lowest BCUT2D eigenvalue weighted by molar-refractivity contribution is 0.0378. The molecule has 6 heteroatoms. The third-order valence-electron chi connectivity index (χ3n) is 3.81. The van der Waals surface area contributed by atoms with E-state index in [1.54, 1.807) is 22.8 Å². The molecule has 130 valence electrons. The normalized spacial score (nSPS) is 11.2. The first-order valence-electron chi connectivity index (χ1n) is 8.12. The smallest absolute Gasteiger partial charge is 0.338 e. The SMILES string of the molecule is Cc1cc2c(=O)n(Cc3cccc(C(=O)OC(C)C)c3)c(C)nc2s1. The largest absolute Gasteiger partial charge is 0.459 e. The monoisotopic (exact) mass is 356 g/mol. The Hall–Kier alpha value is -2.47. The Morgan fingerprint density at radius 1 is 1.28 bits per heavy atom. The lowest BCUT2D eigenvalue weighted by Gasteiger charge is -2.11. The number of hydrogen-bond donors (Lipinski definition) is 0. The van der Waals surface area contributed by atoms with Crippen LogP contribution in [0.2, 0.25) is 0 Å². The molecule has 0 fully saturated rings. The van der Waals surface area contributed by atoms with E-state index < -0.39 is 0 Å². The molecule has 0 spiro atoms. The first-order chi connectivity index (χ1) is 11.8. The number of nitrogens with zero attached hydrogens (tertiary/aromatic N) is 2. The molecule has 0 radical (unpaired) electrons. The quantitative estimate of drug-likeness (QED) is 0.669. The van der Waals surface area contributed by atoms with Gasteiger partial charge in [0.25, 0.3) is 5.56 Å². The van der Waals surface area contributed by atoms with Crippen LogP contribution >= 0.6 is 11.3 Å². The van der Waals surface area contributed by atoms with Crippen LogP contribution in [0.1, 0.15) is 40.5 Å². The van der Waals surface area contributed by atoms with Crippen molar-refractivity contribution in [3.63, 3.8) is 0 Å². The van der Waals surface area contributed by atoms with Gasteiger partial charge in [0, 0.05) is 4.88 Å². The number of esters is 1. The van der Waals surface area contributed by atoms with Crippen LogP contribution in [0.4, 0.5) is 0 Å². The van der Waals surface area contributed by atoms with Gasteiger partial charge in [-0.1, -0.05) is 12.1 Å². The lowest BCUT2D eigenvalue weighted by atomic mass is 10.1. The van der Waals surface area contributed by atoms with Crippen LogP contribution in [0.25, 0.3) is 10.2 Å². The maximum absolute atomic E-state index is 12.8. The number of rotatable bonds is 4. The highest BCUT2D eigenvalue weighted by Gasteiger charge is 2.13. The summed E-state index contributed by atoms with van der Waals surface area (Å²) in [5.41, 5.74) is 1.29. The van der Waals surface area contributed by atoms with Crippen molar-refractivity contribution >= 4 is 27.5 Å². The van der Waals surface area contributed by atoms with Gasteiger partial charge in [-0.05, 0) is 51.5 Å². The molecule has 0 bridgehead atoms. The fraction of sp³-hybridized carbons (Fsp3) is 0.316. The van der Waals surface area contributed by atoms with E-state index in [0.29, 0.717) is 23.3 Å². The molecule has 5 nitrogen and oxygen atoms in total. The van der Waals surface area contributed by atoms with Gasteiger partial charge < -0.3 is 4.74 Å². The fourth-order valence-electron chi connectivity index (χ4n) is 2.69. The van der Waals surface area contributed by atoms with E-state index in [1.807, 2.05) is 39.8 Å². The van der Waals surface area contributed by atoms with Crippen molar-refractivity contribution in [1.29, 1.82) is 0 Å². The van der Waals surface area contributed by atoms with Gasteiger partial charge in [0.05, 0.1) is 23.6 Å². The summed E-state index contributed by atoms with van der Waals surface area (Å²) in [6.07, 6.45) is -0.172. The third kappa shape index (κ3) is 3.64. The zero-order valence-electron chi connectivity index (χ0n) is 14.7. The standard InChI is InChI=1S/C19H20N2O3S/c1-11(2)24-19(23)15-7-5-6-14(9-15)10-21-13(4)20-17-16(18(21)22)8-12(3)25-17/h5-9,11H,10H2,1-4H3. The van der Waals surface area contributed by atoms with E-state index in [-0.39, 0.29) is 17.6 Å². The van der Waals surface area contributed by atoms with Crippen LogP contribution in [0.3, 0.4) is 0 Å². The van der Waals surface area contributed by atoms with Gasteiger partial charge in [0.1, 0.15) is 10.7 Å². The van der Waals surface area contributed by atoms with Crippen molar-refractivity contribution in [1.82, 2.24) is 9.55 Å². The Bertz CT molecular complexity index is 1000. The molecular weight excluding hydrogens is 336 g/mol. The second kappa shape index (κ2) is 6.80. The van der Waals surface area contributed by atoms with Crippen molar-refractivity contribution < 1.29 is 9.53 Å². The maximum Gasteiger partial charge on any atom is 0.338 e. The van der Waals surface area contributed by atoms with Crippen LogP contribution in [-0.2, 0) is 11.3 Å². The molecule has 3 rings (SSSR count). The summed E-state index contributed by atoms with van der Waals surface area (Å²) in [7, 11) is 0. The summed E-state index contributed by atoms with van der Waals surface area (Å²) in [5.74, 6) is 0.303. The minimum Gasteiger partial charge on any atom is -0.459 e. The summed E-state index contributed by atoms with van der Waals surface area (Å²) in [4.78, 5) is 31.2. The number of ether oxygens (including phenoxy) is 1. The van der Waals surface area contributed by atoms with Crippen LogP contribution in [0, 0.1) is 13.8 Å². The van der Waals surface area contributed by atoms with Gasteiger partial charge in [0.15, 0.2) is 0 Å². The number of benzene rings is 1. The average Bonchev–Trinajstić information content (AvgIpc) is 2.91. The zero-order valence-corrected chi connectivity index (χ0v) is 15.5. The Kier molecular flexibility index (Phi) is 4.72. The van der Waals surface area contributed by atoms with Crippen LogP contribution in [0.15, 0.2) is 35.1 Å². The molecular formula is C19H20N2O3S. The molecule has 0 N–H and O–H groups in total. The molecule has 0 aliphatic heterocycles. The van der Waals surface area contributed by atoms with Crippen molar-refractivity contribution in [3.05, 3.63) is 62.5 Å². The third-order valence-corrected chi connectivity index (χ3v) is 4.76. The molecule has 0 aliphatic rings. The maximum atomic E-state index is 12.8. The Morgan fingerprint density at radius 2 is 2.04 bits per heavy atom. The van der Waals surface area contributed by atoms with Gasteiger partial charge in [-0.3, -0.25) is 9.36 Å². The van der Waals surface area contributed by atoms with Gasteiger partial charge >= 0.3 is 5.97 Å². The molecule has 25 heavy (non-hydrogen) atoms. The van der Waals surface area contributed by atoms with Crippen molar-refractivity contribution in [2.24, 2.45) is 0 Å². The number of carbonyl (C=O) groups excluding carboxylic acids is 1. The molecule has 0 aliphatic carbocycles. The molecule has 1 aromatic carbocycles. The minimum atomic E-state index is -0.358. The molecule has 3 aromatic rings. The lowest BCUT2D eigenvalue weighted by Crippen LogP contribution is -2.24. The van der Waals surface area contributed by atoms with Crippen LogP contribution in [-0.4, -0.2) is 21.6 Å². The van der Waals surface area contributed by atoms with E-state index in [9.17, 15) is 9.59 Å². The van der Waals surface area contributed by atoms with E-state index in [2.05, 4.69) is 4.98 Å². The number of aromatic nitrogens is 2. The number of fused-ring (bicyclic) bond motifs is 1. The molecule has 2 heterocycles. The Balaban J connectivity index is 1.96. The van der Waals surface area contributed by atoms with Crippen LogP contribution in [0.5, 0.6) is 0 Å². The molecule has 0 saturated carbocycles. The van der Waals surface area contributed by atoms with Crippen LogP contribution < -0.4 is 5.56 Å². The molecule has 0 atom stereocenters. The fourth-order valence-corrected chi connectivity index (χ4v) is 3.60. The summed E-state index contributed by atoms with van der Waals surface area (Å²) >= 11 is 1.52. The number of thiophene rings is 1. The van der Waals surface area contributed by atoms with Crippen molar-refractivity contribution in [2.75, 3.05) is 0 Å². The summed E-state index contributed by atoms with van der Waals surface area (Å²) in [5, 5.41) is 0.642. The van der Waals surface area contributed by atoms with Gasteiger partial charge in [-0.2, -0.15) is 0 Å². The summed E-state index contributed by atoms with van der Waals surface area (Å²) in [6.45, 7) is 7.79. The molecule has 0 saturated heterocycles. The molecule has 0 amide bonds. The van der Waals surface area contributed by atoms with Gasteiger partial charge in [-0.25, -0.2) is 9.78 Å². The van der Waals surface area contributed by atoms with Gasteiger partial charge in [-0.15, -0.1) is 11.3 Å². The summed E-state index contributed by atoms with van der Waals surface area (Å²) < 4.78 is 6.87. The van der Waals surface area contributed by atoms with Gasteiger partial charge in [0.2, 0.25) is 0 Å². The first-order valence-corrected chi connectivity index (χ1v) is 8.94. The van der Waals surface area contributed by atoms with E-state index in [1.165, 1.54) is 11.3 Å². The second-order valence-electron chi connectivity index (χ2n) is 6.28. The molecule has 2 aromatic heterocycles. The average molecular weight is 356 g/mol. The topological polar surface area (TPSA) is 61.2 Å². The van der Waals surface area contributed by atoms with E-state index in [0.717, 1.165) is 15.3 Å². The predicted octanol–water partition coefficient (Wildman–Crippen LogP) is 3.69. The van der Waals surface area contributed by atoms with E-state index in [4.69, 9.17) is 4.74 Å². The highest BCUT2D eigenvalue weighted by molar-refractivity contribution is 7.18. The number of hydrogen-bond acceptors (Lipinski definition) is 5. The van der Waals surface area contributed by atoms with Crippen molar-refractivity contribution in [2.45, 2.75) is 40.3 Å². The molecule has 0 unspecified atom stereocenters. The highest BCUT2D eigenvalue weighted by Crippen LogP contribution is 2.20. The second-order valence-corrected chi connectivity index (χ2v) is 7.52. The first kappa shape index (κ1) is 17.4. The number of carbonyl (C=O) groups is 1. The van der Waals surface area contributed by atoms with E-state index >= 15 is 0 Å². The zero-order chi connectivity index (χ0) is 18.1. The van der Waals surface area contributed by atoms with Crippen molar-refractivity contribution in [3.8, 4) is 0 Å². The summed E-state index contributed by atoms with van der Waals surface area (Å²) in [6, 6.07) is 9.04. The minimum absolute atomic E-state index is 0.0537. The number of aryl methyl sites for hydroxylation is 2.